The Balaban J connectivity index is 1.87. The van der Waals surface area contributed by atoms with Gasteiger partial charge in [-0.15, -0.1) is 0 Å². The predicted octanol–water partition coefficient (Wildman–Crippen LogP) is 4.42. The topological polar surface area (TPSA) is 75.3 Å². The molecule has 3 aromatic rings. The van der Waals surface area contributed by atoms with E-state index in [0.29, 0.717) is 4.47 Å². The second-order valence-electron chi connectivity index (χ2n) is 6.79. The van der Waals surface area contributed by atoms with Gasteiger partial charge in [0.1, 0.15) is 11.9 Å². The Labute approximate surface area is 183 Å². The first-order valence-electron chi connectivity index (χ1n) is 9.13. The summed E-state index contributed by atoms with van der Waals surface area (Å²) >= 11 is 3.16. The normalized spacial score (nSPS) is 12.4. The number of rotatable bonds is 7. The number of halogens is 2. The number of hydrogen-bond donors (Lipinski definition) is 2. The van der Waals surface area contributed by atoms with Gasteiger partial charge < -0.3 is 5.32 Å². The Kier molecular flexibility index (Phi) is 7.02. The van der Waals surface area contributed by atoms with E-state index in [1.165, 1.54) is 24.3 Å². The van der Waals surface area contributed by atoms with Crippen LogP contribution in [0.1, 0.15) is 11.1 Å². The lowest BCUT2D eigenvalue weighted by atomic mass is 10.1. The predicted molar refractivity (Wildman–Crippen MR) is 118 cm³/mol. The van der Waals surface area contributed by atoms with Gasteiger partial charge in [0.25, 0.3) is 0 Å². The van der Waals surface area contributed by atoms with Gasteiger partial charge in [-0.25, -0.2) is 12.8 Å². The molecule has 0 bridgehead atoms. The summed E-state index contributed by atoms with van der Waals surface area (Å²) in [5.41, 5.74) is 1.65. The number of amides is 1. The van der Waals surface area contributed by atoms with Crippen LogP contribution in [0.2, 0.25) is 0 Å². The molecule has 0 aliphatic heterocycles. The van der Waals surface area contributed by atoms with Crippen LogP contribution in [0.3, 0.4) is 0 Å². The summed E-state index contributed by atoms with van der Waals surface area (Å²) in [6.07, 6.45) is 0.107. The van der Waals surface area contributed by atoms with Gasteiger partial charge in [-0.3, -0.25) is 4.79 Å². The van der Waals surface area contributed by atoms with Crippen LogP contribution >= 0.6 is 15.9 Å². The SMILES string of the molecule is Cc1ccc(S(=O)(=O)N[C@H](Cc2ccccc2)C(=O)Nc2ccc(Br)cc2F)cc1. The molecule has 1 atom stereocenters. The third-order valence-corrected chi connectivity index (χ3v) is 6.40. The van der Waals surface area contributed by atoms with Crippen LogP contribution < -0.4 is 10.0 Å². The third-order valence-electron chi connectivity index (χ3n) is 4.42. The number of sulfonamides is 1. The Morgan fingerprint density at radius 1 is 1.03 bits per heavy atom. The van der Waals surface area contributed by atoms with E-state index < -0.39 is 27.8 Å². The van der Waals surface area contributed by atoms with E-state index >= 15 is 0 Å². The van der Waals surface area contributed by atoms with Gasteiger partial charge in [0.2, 0.25) is 15.9 Å². The van der Waals surface area contributed by atoms with E-state index in [4.69, 9.17) is 0 Å². The highest BCUT2D eigenvalue weighted by Gasteiger charge is 2.26. The van der Waals surface area contributed by atoms with Crippen molar-refractivity contribution in [3.05, 3.63) is 94.2 Å². The fraction of sp³-hybridized carbons (Fsp3) is 0.136. The molecule has 30 heavy (non-hydrogen) atoms. The molecule has 1 amide bonds. The van der Waals surface area contributed by atoms with Gasteiger partial charge in [-0.05, 0) is 49.2 Å². The number of carbonyl (C=O) groups excluding carboxylic acids is 1. The van der Waals surface area contributed by atoms with E-state index in [1.807, 2.05) is 13.0 Å². The average molecular weight is 491 g/mol. The van der Waals surface area contributed by atoms with Crippen molar-refractivity contribution in [1.82, 2.24) is 4.72 Å². The van der Waals surface area contributed by atoms with Crippen molar-refractivity contribution in [3.8, 4) is 0 Å². The van der Waals surface area contributed by atoms with Crippen molar-refractivity contribution in [2.45, 2.75) is 24.3 Å². The molecule has 0 aliphatic carbocycles. The lowest BCUT2D eigenvalue weighted by molar-refractivity contribution is -0.117. The third kappa shape index (κ3) is 5.75. The summed E-state index contributed by atoms with van der Waals surface area (Å²) in [4.78, 5) is 13.0. The number of anilines is 1. The molecule has 156 valence electrons. The highest BCUT2D eigenvalue weighted by molar-refractivity contribution is 9.10. The van der Waals surface area contributed by atoms with Crippen LogP contribution in [-0.2, 0) is 21.2 Å². The van der Waals surface area contributed by atoms with Gasteiger partial charge in [0.15, 0.2) is 0 Å². The molecule has 2 N–H and O–H groups in total. The molecule has 3 aromatic carbocycles. The summed E-state index contributed by atoms with van der Waals surface area (Å²) in [6.45, 7) is 1.85. The van der Waals surface area contributed by atoms with Crippen molar-refractivity contribution < 1.29 is 17.6 Å². The summed E-state index contributed by atoms with van der Waals surface area (Å²) < 4.78 is 42.8. The molecule has 0 saturated heterocycles. The van der Waals surface area contributed by atoms with Crippen molar-refractivity contribution in [2.24, 2.45) is 0 Å². The maximum atomic E-state index is 14.2. The zero-order valence-corrected chi connectivity index (χ0v) is 18.5. The van der Waals surface area contributed by atoms with Gasteiger partial charge in [-0.1, -0.05) is 64.0 Å². The van der Waals surface area contributed by atoms with Crippen LogP contribution in [0.5, 0.6) is 0 Å². The molecule has 3 rings (SSSR count). The largest absolute Gasteiger partial charge is 0.322 e. The molecule has 0 heterocycles. The molecule has 0 fully saturated rings. The van der Waals surface area contributed by atoms with Crippen molar-refractivity contribution in [3.63, 3.8) is 0 Å². The molecule has 0 saturated carbocycles. The van der Waals surface area contributed by atoms with Gasteiger partial charge >= 0.3 is 0 Å². The quantitative estimate of drug-likeness (QED) is 0.514. The molecule has 8 heteroatoms. The second kappa shape index (κ2) is 9.51. The average Bonchev–Trinajstić information content (AvgIpc) is 2.70. The Morgan fingerprint density at radius 3 is 2.33 bits per heavy atom. The Hall–Kier alpha value is -2.55. The molecular weight excluding hydrogens is 471 g/mol. The van der Waals surface area contributed by atoms with Crippen molar-refractivity contribution >= 4 is 37.5 Å². The van der Waals surface area contributed by atoms with Crippen LogP contribution in [0, 0.1) is 12.7 Å². The number of benzene rings is 3. The maximum absolute atomic E-state index is 14.2. The number of aryl methyl sites for hydroxylation is 1. The minimum absolute atomic E-state index is 0.0317. The smallest absolute Gasteiger partial charge is 0.242 e. The van der Waals surface area contributed by atoms with Gasteiger partial charge in [0.05, 0.1) is 10.6 Å². The lowest BCUT2D eigenvalue weighted by Gasteiger charge is -2.19. The molecule has 0 radical (unpaired) electrons. The van der Waals surface area contributed by atoms with Crippen LogP contribution in [0.25, 0.3) is 0 Å². The molecule has 0 aromatic heterocycles. The summed E-state index contributed by atoms with van der Waals surface area (Å²) in [5.74, 6) is -1.28. The second-order valence-corrected chi connectivity index (χ2v) is 9.42. The van der Waals surface area contributed by atoms with Crippen LogP contribution in [0.15, 0.2) is 82.2 Å². The highest BCUT2D eigenvalue weighted by atomic mass is 79.9. The van der Waals surface area contributed by atoms with E-state index in [2.05, 4.69) is 26.0 Å². The zero-order chi connectivity index (χ0) is 21.7. The summed E-state index contributed by atoms with van der Waals surface area (Å²) in [6, 6.07) is 18.4. The van der Waals surface area contributed by atoms with Gasteiger partial charge in [0, 0.05) is 4.47 Å². The number of hydrogen-bond acceptors (Lipinski definition) is 3. The lowest BCUT2D eigenvalue weighted by Crippen LogP contribution is -2.45. The van der Waals surface area contributed by atoms with Crippen LogP contribution in [0.4, 0.5) is 10.1 Å². The van der Waals surface area contributed by atoms with E-state index in [-0.39, 0.29) is 17.0 Å². The fourth-order valence-corrected chi connectivity index (χ4v) is 4.35. The Morgan fingerprint density at radius 2 is 1.70 bits per heavy atom. The molecule has 0 spiro atoms. The fourth-order valence-electron chi connectivity index (χ4n) is 2.82. The first kappa shape index (κ1) is 22.1. The van der Waals surface area contributed by atoms with Gasteiger partial charge in [-0.2, -0.15) is 4.72 Å². The van der Waals surface area contributed by atoms with Crippen LogP contribution in [-0.4, -0.2) is 20.4 Å². The monoisotopic (exact) mass is 490 g/mol. The molecule has 5 nitrogen and oxygen atoms in total. The first-order valence-corrected chi connectivity index (χ1v) is 11.4. The summed E-state index contributed by atoms with van der Waals surface area (Å²) in [5, 5.41) is 2.48. The number of nitrogens with one attached hydrogen (secondary N) is 2. The Bertz CT molecular complexity index is 1140. The standard InChI is InChI=1S/C22H20BrFN2O3S/c1-15-7-10-18(11-8-15)30(28,29)26-21(13-16-5-3-2-4-6-16)22(27)25-20-12-9-17(23)14-19(20)24/h2-12,14,21,26H,13H2,1H3,(H,25,27)/t21-/m1/s1. The van der Waals surface area contributed by atoms with E-state index in [1.54, 1.807) is 42.5 Å². The van der Waals surface area contributed by atoms with E-state index in [9.17, 15) is 17.6 Å². The molecular formula is C22H20BrFN2O3S. The zero-order valence-electron chi connectivity index (χ0n) is 16.1. The van der Waals surface area contributed by atoms with Crippen molar-refractivity contribution in [1.29, 1.82) is 0 Å². The maximum Gasteiger partial charge on any atom is 0.242 e. The van der Waals surface area contributed by atoms with Crippen molar-refractivity contribution in [2.75, 3.05) is 5.32 Å². The minimum Gasteiger partial charge on any atom is -0.322 e. The first-order chi connectivity index (χ1) is 14.2. The highest BCUT2D eigenvalue weighted by Crippen LogP contribution is 2.20. The number of carbonyl (C=O) groups is 1. The summed E-state index contributed by atoms with van der Waals surface area (Å²) in [7, 11) is -3.96. The minimum atomic E-state index is -3.96. The van der Waals surface area contributed by atoms with E-state index in [0.717, 1.165) is 11.1 Å². The molecule has 0 unspecified atom stereocenters. The molecule has 0 aliphatic rings.